The third kappa shape index (κ3) is 4.84. The van der Waals surface area contributed by atoms with Crippen LogP contribution in [0, 0.1) is 0 Å². The lowest BCUT2D eigenvalue weighted by atomic mass is 9.95. The van der Waals surface area contributed by atoms with Gasteiger partial charge in [-0.25, -0.2) is 0 Å². The predicted molar refractivity (Wildman–Crippen MR) is 106 cm³/mol. The number of hydrogen-bond acceptors (Lipinski definition) is 5. The van der Waals surface area contributed by atoms with E-state index in [0.29, 0.717) is 22.0 Å². The largest absolute Gasteiger partial charge is 0.471 e. The summed E-state index contributed by atoms with van der Waals surface area (Å²) >= 11 is 0. The lowest BCUT2D eigenvalue weighted by molar-refractivity contribution is -0.190. The summed E-state index contributed by atoms with van der Waals surface area (Å²) in [6, 6.07) is 5.71. The summed E-state index contributed by atoms with van der Waals surface area (Å²) in [6.07, 6.45) is 0.478. The highest BCUT2D eigenvalue weighted by atomic mass is 19.4. The third-order valence-corrected chi connectivity index (χ3v) is 5.62. The second-order valence-corrected chi connectivity index (χ2v) is 7.88. The Balaban J connectivity index is 1.66. The summed E-state index contributed by atoms with van der Waals surface area (Å²) < 4.78 is 56.4. The topological polar surface area (TPSA) is 81.0 Å². The Morgan fingerprint density at radius 2 is 1.84 bits per heavy atom. The standard InChI is InChI=1S/C22H23F3N2O5/c23-22(24,25)21(29)27(12-14-8-9-16-18(11-14)32-13-31-16)19(17-7-4-10-30-17)20(28)26-15-5-2-1-3-6-15/h4,7-11,15,19H,1-3,5-6,12-13H2,(H,26,28)/t19-/m1/s1. The number of halogens is 3. The first-order valence-electron chi connectivity index (χ1n) is 10.4. The molecule has 1 aromatic heterocycles. The van der Waals surface area contributed by atoms with E-state index in [1.165, 1.54) is 30.5 Å². The van der Waals surface area contributed by atoms with Crippen molar-refractivity contribution in [1.82, 2.24) is 10.2 Å². The first-order valence-corrected chi connectivity index (χ1v) is 10.4. The Hall–Kier alpha value is -3.17. The maximum atomic E-state index is 13.5. The van der Waals surface area contributed by atoms with E-state index in [-0.39, 0.29) is 18.6 Å². The van der Waals surface area contributed by atoms with Gasteiger partial charge in [-0.15, -0.1) is 0 Å². The number of benzene rings is 1. The van der Waals surface area contributed by atoms with E-state index in [9.17, 15) is 22.8 Å². The van der Waals surface area contributed by atoms with Crippen molar-refractivity contribution in [3.05, 3.63) is 47.9 Å². The van der Waals surface area contributed by atoms with Crippen LogP contribution in [-0.4, -0.2) is 35.7 Å². The molecule has 2 aromatic rings. The first-order chi connectivity index (χ1) is 15.3. The van der Waals surface area contributed by atoms with Crippen molar-refractivity contribution in [2.45, 2.75) is 56.9 Å². The molecule has 0 unspecified atom stereocenters. The molecule has 2 heterocycles. The molecule has 1 aromatic carbocycles. The number of carbonyl (C=O) groups excluding carboxylic acids is 2. The van der Waals surface area contributed by atoms with Crippen molar-refractivity contribution < 1.29 is 36.7 Å². The van der Waals surface area contributed by atoms with Crippen LogP contribution in [-0.2, 0) is 16.1 Å². The molecule has 1 saturated carbocycles. The fourth-order valence-corrected chi connectivity index (χ4v) is 4.08. The number of fused-ring (bicyclic) bond motifs is 1. The van der Waals surface area contributed by atoms with Gasteiger partial charge < -0.3 is 24.1 Å². The molecule has 0 radical (unpaired) electrons. The molecule has 1 fully saturated rings. The maximum Gasteiger partial charge on any atom is 0.471 e. The van der Waals surface area contributed by atoms with Crippen molar-refractivity contribution in [3.8, 4) is 11.5 Å². The molecule has 0 bridgehead atoms. The van der Waals surface area contributed by atoms with Crippen molar-refractivity contribution in [2.75, 3.05) is 6.79 Å². The Morgan fingerprint density at radius 1 is 1.09 bits per heavy atom. The van der Waals surface area contributed by atoms with Gasteiger partial charge in [-0.05, 0) is 42.7 Å². The Morgan fingerprint density at radius 3 is 2.53 bits per heavy atom. The number of nitrogens with one attached hydrogen (secondary N) is 1. The van der Waals surface area contributed by atoms with Gasteiger partial charge in [0, 0.05) is 12.6 Å². The Labute approximate surface area is 182 Å². The van der Waals surface area contributed by atoms with Crippen molar-refractivity contribution >= 4 is 11.8 Å². The zero-order valence-corrected chi connectivity index (χ0v) is 17.2. The zero-order valence-electron chi connectivity index (χ0n) is 17.2. The molecule has 10 heteroatoms. The second-order valence-electron chi connectivity index (χ2n) is 7.88. The van der Waals surface area contributed by atoms with Gasteiger partial charge in [0.15, 0.2) is 17.5 Å². The van der Waals surface area contributed by atoms with Crippen molar-refractivity contribution in [1.29, 1.82) is 0 Å². The molecule has 32 heavy (non-hydrogen) atoms. The number of hydrogen-bond donors (Lipinski definition) is 1. The molecule has 0 spiro atoms. The van der Waals surface area contributed by atoms with Crippen LogP contribution < -0.4 is 14.8 Å². The van der Waals surface area contributed by atoms with Gasteiger partial charge in [0.1, 0.15) is 5.76 Å². The number of carbonyl (C=O) groups is 2. The van der Waals surface area contributed by atoms with E-state index in [1.807, 2.05) is 0 Å². The minimum Gasteiger partial charge on any atom is -0.467 e. The minimum absolute atomic E-state index is 0.00278. The molecule has 1 aliphatic heterocycles. The molecule has 172 valence electrons. The fourth-order valence-electron chi connectivity index (χ4n) is 4.08. The summed E-state index contributed by atoms with van der Waals surface area (Å²) in [7, 11) is 0. The van der Waals surface area contributed by atoms with Gasteiger partial charge in [-0.3, -0.25) is 9.59 Å². The van der Waals surface area contributed by atoms with E-state index in [2.05, 4.69) is 5.32 Å². The van der Waals surface area contributed by atoms with E-state index >= 15 is 0 Å². The molecular formula is C22H23F3N2O5. The van der Waals surface area contributed by atoms with Gasteiger partial charge >= 0.3 is 12.1 Å². The van der Waals surface area contributed by atoms with Crippen LogP contribution in [0.1, 0.15) is 49.5 Å². The SMILES string of the molecule is O=C(NC1CCCCC1)[C@@H](c1ccco1)N(Cc1ccc2c(c1)OCO2)C(=O)C(F)(F)F. The lowest BCUT2D eigenvalue weighted by Crippen LogP contribution is -2.50. The Kier molecular flexibility index (Phi) is 6.29. The summed E-state index contributed by atoms with van der Waals surface area (Å²) in [6.45, 7) is -0.471. The number of alkyl halides is 3. The van der Waals surface area contributed by atoms with Crippen LogP contribution in [0.2, 0.25) is 0 Å². The quantitative estimate of drug-likeness (QED) is 0.714. The second kappa shape index (κ2) is 9.13. The van der Waals surface area contributed by atoms with E-state index in [1.54, 1.807) is 6.07 Å². The average molecular weight is 452 g/mol. The van der Waals surface area contributed by atoms with Crippen LogP contribution in [0.5, 0.6) is 11.5 Å². The molecule has 1 atom stereocenters. The highest BCUT2D eigenvalue weighted by Gasteiger charge is 2.47. The molecule has 1 N–H and O–H groups in total. The van der Waals surface area contributed by atoms with Crippen molar-refractivity contribution in [3.63, 3.8) is 0 Å². The lowest BCUT2D eigenvalue weighted by Gasteiger charge is -2.32. The van der Waals surface area contributed by atoms with Gasteiger partial charge in [0.2, 0.25) is 6.79 Å². The van der Waals surface area contributed by atoms with E-state index in [4.69, 9.17) is 13.9 Å². The maximum absolute atomic E-state index is 13.5. The molecule has 7 nitrogen and oxygen atoms in total. The molecular weight excluding hydrogens is 429 g/mol. The van der Waals surface area contributed by atoms with Crippen LogP contribution in [0.3, 0.4) is 0 Å². The highest BCUT2D eigenvalue weighted by molar-refractivity contribution is 5.90. The zero-order chi connectivity index (χ0) is 22.7. The van der Waals surface area contributed by atoms with E-state index in [0.717, 1.165) is 32.1 Å². The van der Waals surface area contributed by atoms with Crippen LogP contribution in [0.4, 0.5) is 13.2 Å². The monoisotopic (exact) mass is 452 g/mol. The Bertz CT molecular complexity index is 955. The molecule has 2 aliphatic rings. The van der Waals surface area contributed by atoms with Crippen LogP contribution in [0.15, 0.2) is 41.0 Å². The number of ether oxygens (including phenoxy) is 2. The number of furan rings is 1. The number of amides is 2. The van der Waals surface area contributed by atoms with Crippen molar-refractivity contribution in [2.24, 2.45) is 0 Å². The van der Waals surface area contributed by atoms with Gasteiger partial charge in [-0.2, -0.15) is 13.2 Å². The van der Waals surface area contributed by atoms with Gasteiger partial charge in [-0.1, -0.05) is 25.3 Å². The predicted octanol–water partition coefficient (Wildman–Crippen LogP) is 4.09. The summed E-state index contributed by atoms with van der Waals surface area (Å²) in [5.74, 6) is -2.06. The number of nitrogens with zero attached hydrogens (tertiary/aromatic N) is 1. The first kappa shape index (κ1) is 22.0. The molecule has 2 amide bonds. The smallest absolute Gasteiger partial charge is 0.467 e. The molecule has 4 rings (SSSR count). The van der Waals surface area contributed by atoms with E-state index < -0.39 is 30.6 Å². The summed E-state index contributed by atoms with van der Waals surface area (Å²) in [4.78, 5) is 26.1. The van der Waals surface area contributed by atoms with Crippen LogP contribution >= 0.6 is 0 Å². The summed E-state index contributed by atoms with van der Waals surface area (Å²) in [5, 5.41) is 2.82. The van der Waals surface area contributed by atoms with Gasteiger partial charge in [0.25, 0.3) is 5.91 Å². The third-order valence-electron chi connectivity index (χ3n) is 5.62. The molecule has 0 saturated heterocycles. The van der Waals surface area contributed by atoms with Gasteiger partial charge in [0.05, 0.1) is 6.26 Å². The normalized spacial score (nSPS) is 17.1. The highest BCUT2D eigenvalue weighted by Crippen LogP contribution is 2.35. The molecule has 1 aliphatic carbocycles. The number of rotatable bonds is 6. The fraction of sp³-hybridized carbons (Fsp3) is 0.455. The summed E-state index contributed by atoms with van der Waals surface area (Å²) in [5.41, 5.74) is 0.355. The minimum atomic E-state index is -5.17. The van der Waals surface area contributed by atoms with Crippen LogP contribution in [0.25, 0.3) is 0 Å². The average Bonchev–Trinajstić information content (AvgIpc) is 3.44.